The van der Waals surface area contributed by atoms with Crippen LogP contribution in [0.1, 0.15) is 15.9 Å². The molecule has 0 unspecified atom stereocenters. The van der Waals surface area contributed by atoms with Gasteiger partial charge >= 0.3 is 0 Å². The highest BCUT2D eigenvalue weighted by atomic mass is 35.5. The van der Waals surface area contributed by atoms with Gasteiger partial charge in [0.2, 0.25) is 0 Å². The number of rotatable bonds is 6. The molecule has 0 spiro atoms. The molecule has 1 aromatic carbocycles. The Morgan fingerprint density at radius 2 is 1.64 bits per heavy atom. The van der Waals surface area contributed by atoms with Crippen LogP contribution in [0.15, 0.2) is 83.4 Å². The molecule has 3 rings (SSSR count). The molecule has 0 aliphatic heterocycles. The molecule has 28 heavy (non-hydrogen) atoms. The van der Waals surface area contributed by atoms with E-state index in [9.17, 15) is 4.79 Å². The lowest BCUT2D eigenvalue weighted by Crippen LogP contribution is -2.21. The lowest BCUT2D eigenvalue weighted by Gasteiger charge is -2.07. The van der Waals surface area contributed by atoms with Gasteiger partial charge in [-0.2, -0.15) is 5.10 Å². The second-order valence-corrected chi connectivity index (χ2v) is 5.92. The Balaban J connectivity index is 1.72. The van der Waals surface area contributed by atoms with E-state index in [4.69, 9.17) is 16.3 Å². The van der Waals surface area contributed by atoms with Crippen molar-refractivity contribution in [3.63, 3.8) is 0 Å². The minimum absolute atomic E-state index is 0.0554. The van der Waals surface area contributed by atoms with E-state index in [2.05, 4.69) is 25.5 Å². The fourth-order valence-electron chi connectivity index (χ4n) is 2.06. The molecule has 0 atom stereocenters. The van der Waals surface area contributed by atoms with Crippen molar-refractivity contribution in [1.82, 2.24) is 15.4 Å². The standard InChI is InChI=1S/C20H16ClN5O2/c21-17-1-3-18(4-2-17)28-14-19(24-13-15-5-9-22-10-6-15)25-26-20(27)16-7-11-23-12-8-16/h1-13H,14H2,(H,26,27)/b24-13?,25-19-. The van der Waals surface area contributed by atoms with E-state index in [1.54, 1.807) is 67.1 Å². The van der Waals surface area contributed by atoms with Crippen molar-refractivity contribution in [2.45, 2.75) is 0 Å². The molecule has 0 aliphatic rings. The molecule has 1 amide bonds. The van der Waals surface area contributed by atoms with E-state index in [-0.39, 0.29) is 18.3 Å². The Kier molecular flexibility index (Phi) is 6.81. The first-order valence-corrected chi connectivity index (χ1v) is 8.68. The van der Waals surface area contributed by atoms with Gasteiger partial charge in [0.05, 0.1) is 0 Å². The number of hydrazone groups is 1. The van der Waals surface area contributed by atoms with Crippen molar-refractivity contribution in [3.05, 3.63) is 89.5 Å². The van der Waals surface area contributed by atoms with Gasteiger partial charge in [-0.15, -0.1) is 0 Å². The molecule has 0 saturated carbocycles. The molecule has 7 nitrogen and oxygen atoms in total. The highest BCUT2D eigenvalue weighted by molar-refractivity contribution is 6.30. The smallest absolute Gasteiger partial charge is 0.271 e. The van der Waals surface area contributed by atoms with Crippen LogP contribution in [0.5, 0.6) is 5.75 Å². The van der Waals surface area contributed by atoms with Crippen LogP contribution in [0.4, 0.5) is 0 Å². The fourth-order valence-corrected chi connectivity index (χ4v) is 2.18. The maximum Gasteiger partial charge on any atom is 0.271 e. The summed E-state index contributed by atoms with van der Waals surface area (Å²) in [6.45, 7) is 0.0554. The average molecular weight is 394 g/mol. The SMILES string of the molecule is O=C(N/N=C(/COc1ccc(Cl)cc1)N=Cc1ccncc1)c1ccncc1. The van der Waals surface area contributed by atoms with Crippen LogP contribution in [-0.2, 0) is 0 Å². The first-order chi connectivity index (χ1) is 13.7. The monoisotopic (exact) mass is 393 g/mol. The van der Waals surface area contributed by atoms with E-state index in [1.165, 1.54) is 12.4 Å². The summed E-state index contributed by atoms with van der Waals surface area (Å²) in [6, 6.07) is 13.7. The van der Waals surface area contributed by atoms with Crippen LogP contribution < -0.4 is 10.2 Å². The van der Waals surface area contributed by atoms with E-state index < -0.39 is 0 Å². The van der Waals surface area contributed by atoms with Gasteiger partial charge in [-0.3, -0.25) is 14.8 Å². The summed E-state index contributed by atoms with van der Waals surface area (Å²) in [5.41, 5.74) is 3.76. The van der Waals surface area contributed by atoms with Gasteiger partial charge in [-0.05, 0) is 54.1 Å². The Morgan fingerprint density at radius 1 is 1.00 bits per heavy atom. The van der Waals surface area contributed by atoms with Gasteiger partial charge in [0.25, 0.3) is 5.91 Å². The number of carbonyl (C=O) groups is 1. The summed E-state index contributed by atoms with van der Waals surface area (Å²) in [6.07, 6.45) is 8.00. The molecular formula is C20H16ClN5O2. The van der Waals surface area contributed by atoms with E-state index in [0.717, 1.165) is 5.56 Å². The zero-order valence-corrected chi connectivity index (χ0v) is 15.5. The van der Waals surface area contributed by atoms with Gasteiger partial charge in [0.1, 0.15) is 12.4 Å². The van der Waals surface area contributed by atoms with Gasteiger partial charge in [-0.25, -0.2) is 10.4 Å². The molecule has 3 aromatic rings. The summed E-state index contributed by atoms with van der Waals surface area (Å²) < 4.78 is 5.67. The van der Waals surface area contributed by atoms with Gasteiger partial charge in [-0.1, -0.05) is 11.6 Å². The third-order valence-corrected chi connectivity index (χ3v) is 3.73. The molecule has 0 fully saturated rings. The van der Waals surface area contributed by atoms with Crippen molar-refractivity contribution < 1.29 is 9.53 Å². The van der Waals surface area contributed by atoms with Crippen LogP contribution >= 0.6 is 11.6 Å². The van der Waals surface area contributed by atoms with Crippen LogP contribution in [0.25, 0.3) is 0 Å². The first kappa shape index (κ1) is 19.2. The molecule has 8 heteroatoms. The van der Waals surface area contributed by atoms with Gasteiger partial charge in [0.15, 0.2) is 5.84 Å². The quantitative estimate of drug-likeness (QED) is 0.395. The maximum atomic E-state index is 12.2. The van der Waals surface area contributed by atoms with E-state index in [1.807, 2.05) is 0 Å². The Morgan fingerprint density at radius 3 is 2.32 bits per heavy atom. The molecule has 1 N–H and O–H groups in total. The number of carbonyl (C=O) groups excluding carboxylic acids is 1. The number of amidine groups is 1. The highest BCUT2D eigenvalue weighted by Gasteiger charge is 2.05. The lowest BCUT2D eigenvalue weighted by atomic mass is 10.3. The zero-order valence-electron chi connectivity index (χ0n) is 14.7. The summed E-state index contributed by atoms with van der Waals surface area (Å²) in [7, 11) is 0. The third-order valence-electron chi connectivity index (χ3n) is 3.48. The highest BCUT2D eigenvalue weighted by Crippen LogP contribution is 2.15. The number of aliphatic imine (C=N–C) groups is 1. The summed E-state index contributed by atoms with van der Waals surface area (Å²) in [4.78, 5) is 24.3. The van der Waals surface area contributed by atoms with Crippen molar-refractivity contribution >= 4 is 29.6 Å². The maximum absolute atomic E-state index is 12.2. The number of nitrogens with zero attached hydrogens (tertiary/aromatic N) is 4. The molecule has 0 aliphatic carbocycles. The topological polar surface area (TPSA) is 88.8 Å². The number of aromatic nitrogens is 2. The second kappa shape index (κ2) is 9.94. The summed E-state index contributed by atoms with van der Waals surface area (Å²) >= 11 is 5.87. The van der Waals surface area contributed by atoms with Crippen LogP contribution in [0.3, 0.4) is 0 Å². The lowest BCUT2D eigenvalue weighted by molar-refractivity contribution is 0.0954. The van der Waals surface area contributed by atoms with E-state index >= 15 is 0 Å². The minimum Gasteiger partial charge on any atom is -0.486 e. The largest absolute Gasteiger partial charge is 0.486 e. The molecule has 0 radical (unpaired) electrons. The Labute approximate surface area is 166 Å². The Hall–Kier alpha value is -3.58. The second-order valence-electron chi connectivity index (χ2n) is 5.49. The number of nitrogens with one attached hydrogen (secondary N) is 1. The number of benzene rings is 1. The fraction of sp³-hybridized carbons (Fsp3) is 0.0500. The summed E-state index contributed by atoms with van der Waals surface area (Å²) in [5, 5.41) is 4.69. The molecule has 140 valence electrons. The molecule has 2 heterocycles. The first-order valence-electron chi connectivity index (χ1n) is 8.30. The van der Waals surface area contributed by atoms with Crippen molar-refractivity contribution in [2.75, 3.05) is 6.61 Å². The summed E-state index contributed by atoms with van der Waals surface area (Å²) in [5.74, 6) is 0.524. The number of hydrogen-bond acceptors (Lipinski definition) is 5. The number of amides is 1. The normalized spacial score (nSPS) is 11.4. The number of ether oxygens (including phenoxy) is 1. The van der Waals surface area contributed by atoms with Crippen LogP contribution in [0, 0.1) is 0 Å². The average Bonchev–Trinajstić information content (AvgIpc) is 2.75. The molecule has 0 bridgehead atoms. The molecule has 0 saturated heterocycles. The predicted octanol–water partition coefficient (Wildman–Crippen LogP) is 3.37. The number of pyridine rings is 2. The van der Waals surface area contributed by atoms with Gasteiger partial charge < -0.3 is 4.74 Å². The zero-order chi connectivity index (χ0) is 19.6. The minimum atomic E-state index is -0.370. The van der Waals surface area contributed by atoms with Crippen LogP contribution in [0.2, 0.25) is 5.02 Å². The Bertz CT molecular complexity index is 961. The number of halogens is 1. The van der Waals surface area contributed by atoms with Crippen molar-refractivity contribution in [2.24, 2.45) is 10.1 Å². The van der Waals surface area contributed by atoms with Crippen molar-refractivity contribution in [1.29, 1.82) is 0 Å². The third kappa shape index (κ3) is 6.00. The van der Waals surface area contributed by atoms with Crippen molar-refractivity contribution in [3.8, 4) is 5.75 Å². The number of hydrogen-bond donors (Lipinski definition) is 1. The van der Waals surface area contributed by atoms with Crippen LogP contribution in [-0.4, -0.2) is 34.5 Å². The molecule has 2 aromatic heterocycles. The molecular weight excluding hydrogens is 378 g/mol. The van der Waals surface area contributed by atoms with E-state index in [0.29, 0.717) is 16.3 Å². The predicted molar refractivity (Wildman–Crippen MR) is 108 cm³/mol. The van der Waals surface area contributed by atoms with Gasteiger partial charge in [0, 0.05) is 41.6 Å².